The average Bonchev–Trinajstić information content (AvgIpc) is 2.78. The Balaban J connectivity index is 2.18. The molecule has 0 saturated carbocycles. The molecule has 1 aromatic carbocycles. The van der Waals surface area contributed by atoms with E-state index in [1.54, 1.807) is 18.2 Å². The van der Waals surface area contributed by atoms with Crippen molar-refractivity contribution >= 4 is 26.6 Å². The summed E-state index contributed by atoms with van der Waals surface area (Å²) in [4.78, 5) is 3.97. The maximum atomic E-state index is 12.0. The van der Waals surface area contributed by atoms with Gasteiger partial charge in [-0.2, -0.15) is 4.98 Å². The van der Waals surface area contributed by atoms with E-state index in [4.69, 9.17) is 14.9 Å². The van der Waals surface area contributed by atoms with E-state index in [2.05, 4.69) is 4.98 Å². The van der Waals surface area contributed by atoms with E-state index in [-0.39, 0.29) is 11.0 Å². The highest BCUT2D eigenvalue weighted by Crippen LogP contribution is 2.21. The smallest absolute Gasteiger partial charge is 0.316 e. The van der Waals surface area contributed by atoms with Gasteiger partial charge in [0.2, 0.25) is 9.84 Å². The number of rotatable bonds is 6. The average molecular weight is 284 g/mol. The van der Waals surface area contributed by atoms with E-state index in [1.807, 2.05) is 6.92 Å². The molecule has 0 aliphatic carbocycles. The number of ether oxygens (including phenoxy) is 1. The minimum atomic E-state index is -3.51. The van der Waals surface area contributed by atoms with Gasteiger partial charge in [-0.1, -0.05) is 0 Å². The van der Waals surface area contributed by atoms with Crippen LogP contribution in [0.3, 0.4) is 0 Å². The number of anilines is 1. The van der Waals surface area contributed by atoms with Crippen LogP contribution in [0.1, 0.15) is 13.3 Å². The van der Waals surface area contributed by atoms with Gasteiger partial charge in [0, 0.05) is 18.9 Å². The van der Waals surface area contributed by atoms with Crippen molar-refractivity contribution in [3.05, 3.63) is 18.2 Å². The predicted octanol–water partition coefficient (Wildman–Crippen LogP) is 1.61. The fourth-order valence-corrected chi connectivity index (χ4v) is 2.77. The molecular weight excluding hydrogens is 268 g/mol. The van der Waals surface area contributed by atoms with Gasteiger partial charge in [0.15, 0.2) is 5.58 Å². The van der Waals surface area contributed by atoms with Crippen LogP contribution in [0.15, 0.2) is 27.8 Å². The number of oxazole rings is 1. The Hall–Kier alpha value is -1.60. The molecule has 104 valence electrons. The first-order chi connectivity index (χ1) is 9.03. The number of hydrogen-bond acceptors (Lipinski definition) is 6. The summed E-state index contributed by atoms with van der Waals surface area (Å²) in [5.74, 6) is -0.0463. The molecule has 0 atom stereocenters. The second kappa shape index (κ2) is 5.58. The van der Waals surface area contributed by atoms with Crippen LogP contribution in [0.25, 0.3) is 11.1 Å². The fourth-order valence-electron chi connectivity index (χ4n) is 1.64. The molecule has 7 heteroatoms. The molecule has 6 nitrogen and oxygen atoms in total. The molecule has 0 bridgehead atoms. The van der Waals surface area contributed by atoms with Crippen molar-refractivity contribution in [2.75, 3.05) is 24.7 Å². The second-order valence-electron chi connectivity index (χ2n) is 4.08. The highest BCUT2D eigenvalue weighted by Gasteiger charge is 2.21. The number of nitrogen functional groups attached to an aromatic ring is 1. The van der Waals surface area contributed by atoms with Gasteiger partial charge in [-0.15, -0.1) is 0 Å². The van der Waals surface area contributed by atoms with E-state index in [9.17, 15) is 8.42 Å². The van der Waals surface area contributed by atoms with E-state index < -0.39 is 9.84 Å². The van der Waals surface area contributed by atoms with E-state index in [0.717, 1.165) is 0 Å². The predicted molar refractivity (Wildman–Crippen MR) is 71.6 cm³/mol. The molecule has 0 unspecified atom stereocenters. The van der Waals surface area contributed by atoms with Crippen molar-refractivity contribution < 1.29 is 17.6 Å². The third-order valence-electron chi connectivity index (χ3n) is 2.56. The Labute approximate surface area is 111 Å². The number of benzene rings is 1. The fraction of sp³-hybridized carbons (Fsp3) is 0.417. The van der Waals surface area contributed by atoms with Crippen molar-refractivity contribution in [1.82, 2.24) is 4.98 Å². The summed E-state index contributed by atoms with van der Waals surface area (Å²) >= 11 is 0. The molecule has 0 amide bonds. The van der Waals surface area contributed by atoms with Gasteiger partial charge in [-0.25, -0.2) is 8.42 Å². The van der Waals surface area contributed by atoms with Crippen LogP contribution >= 0.6 is 0 Å². The number of sulfone groups is 1. The quantitative estimate of drug-likeness (QED) is 0.639. The first kappa shape index (κ1) is 13.8. The van der Waals surface area contributed by atoms with Gasteiger partial charge in [0.1, 0.15) is 5.52 Å². The van der Waals surface area contributed by atoms with Crippen molar-refractivity contribution in [1.29, 1.82) is 0 Å². The maximum Gasteiger partial charge on any atom is 0.316 e. The van der Waals surface area contributed by atoms with E-state index >= 15 is 0 Å². The Bertz CT molecular complexity index is 663. The lowest BCUT2D eigenvalue weighted by molar-refractivity contribution is 0.148. The van der Waals surface area contributed by atoms with Crippen molar-refractivity contribution in [3.63, 3.8) is 0 Å². The lowest BCUT2D eigenvalue weighted by Gasteiger charge is -2.00. The third-order valence-corrected chi connectivity index (χ3v) is 4.10. The normalized spacial score (nSPS) is 12.1. The van der Waals surface area contributed by atoms with Crippen molar-refractivity contribution in [2.45, 2.75) is 18.6 Å². The number of aromatic nitrogens is 1. The molecule has 19 heavy (non-hydrogen) atoms. The van der Waals surface area contributed by atoms with Crippen LogP contribution in [0.4, 0.5) is 5.69 Å². The van der Waals surface area contributed by atoms with Crippen LogP contribution in [-0.4, -0.2) is 32.4 Å². The molecule has 0 spiro atoms. The zero-order valence-corrected chi connectivity index (χ0v) is 11.4. The van der Waals surface area contributed by atoms with Gasteiger partial charge in [-0.3, -0.25) is 0 Å². The first-order valence-corrected chi connectivity index (χ1v) is 7.65. The largest absolute Gasteiger partial charge is 0.428 e. The second-order valence-corrected chi connectivity index (χ2v) is 6.06. The number of nitrogens with two attached hydrogens (primary N) is 1. The van der Waals surface area contributed by atoms with Gasteiger partial charge in [0.25, 0.3) is 0 Å². The summed E-state index contributed by atoms with van der Waals surface area (Å²) in [7, 11) is -3.51. The van der Waals surface area contributed by atoms with Crippen molar-refractivity contribution in [3.8, 4) is 0 Å². The Morgan fingerprint density at radius 3 is 2.95 bits per heavy atom. The Kier molecular flexibility index (Phi) is 4.06. The summed E-state index contributed by atoms with van der Waals surface area (Å²) in [6.45, 7) is 2.84. The molecule has 0 aliphatic heterocycles. The molecule has 2 rings (SSSR count). The van der Waals surface area contributed by atoms with Gasteiger partial charge < -0.3 is 14.9 Å². The summed E-state index contributed by atoms with van der Waals surface area (Å²) in [5.41, 5.74) is 6.98. The standard InChI is InChI=1S/C12H16N2O4S/c1-2-17-6-3-7-19(15,16)12-14-10-8-9(13)4-5-11(10)18-12/h4-5,8H,2-3,6-7,13H2,1H3. The summed E-state index contributed by atoms with van der Waals surface area (Å²) < 4.78 is 34.4. The molecule has 1 heterocycles. The summed E-state index contributed by atoms with van der Waals surface area (Å²) in [5, 5.41) is -0.260. The SMILES string of the molecule is CCOCCCS(=O)(=O)c1nc2cc(N)ccc2o1. The molecule has 0 radical (unpaired) electrons. The van der Waals surface area contributed by atoms with Crippen LogP contribution in [0.5, 0.6) is 0 Å². The zero-order chi connectivity index (χ0) is 13.9. The van der Waals surface area contributed by atoms with Crippen molar-refractivity contribution in [2.24, 2.45) is 0 Å². The zero-order valence-electron chi connectivity index (χ0n) is 10.6. The lowest BCUT2D eigenvalue weighted by atomic mass is 10.3. The number of nitrogens with zero attached hydrogens (tertiary/aromatic N) is 1. The molecular formula is C12H16N2O4S. The summed E-state index contributed by atoms with van der Waals surface area (Å²) in [6.07, 6.45) is 0.414. The molecule has 0 aliphatic rings. The van der Waals surface area contributed by atoms with E-state index in [0.29, 0.717) is 36.4 Å². The van der Waals surface area contributed by atoms with Crippen LogP contribution in [0, 0.1) is 0 Å². The van der Waals surface area contributed by atoms with E-state index in [1.165, 1.54) is 0 Å². The molecule has 0 fully saturated rings. The lowest BCUT2D eigenvalue weighted by Crippen LogP contribution is -2.09. The topological polar surface area (TPSA) is 95.4 Å². The molecule has 2 aromatic rings. The Morgan fingerprint density at radius 2 is 2.21 bits per heavy atom. The van der Waals surface area contributed by atoms with Gasteiger partial charge in [0.05, 0.1) is 5.75 Å². The number of fused-ring (bicyclic) bond motifs is 1. The van der Waals surface area contributed by atoms with Crippen LogP contribution in [0.2, 0.25) is 0 Å². The van der Waals surface area contributed by atoms with Gasteiger partial charge >= 0.3 is 5.22 Å². The summed E-state index contributed by atoms with van der Waals surface area (Å²) in [6, 6.07) is 4.83. The monoisotopic (exact) mass is 284 g/mol. The minimum absolute atomic E-state index is 0.0463. The maximum absolute atomic E-state index is 12.0. The first-order valence-electron chi connectivity index (χ1n) is 5.99. The van der Waals surface area contributed by atoms with Crippen LogP contribution in [-0.2, 0) is 14.6 Å². The highest BCUT2D eigenvalue weighted by molar-refractivity contribution is 7.91. The molecule has 0 saturated heterocycles. The number of hydrogen-bond donors (Lipinski definition) is 1. The third kappa shape index (κ3) is 3.24. The van der Waals surface area contributed by atoms with Crippen LogP contribution < -0.4 is 5.73 Å². The molecule has 2 N–H and O–H groups in total. The molecule has 1 aromatic heterocycles. The minimum Gasteiger partial charge on any atom is -0.428 e. The Morgan fingerprint density at radius 1 is 1.42 bits per heavy atom. The van der Waals surface area contributed by atoms with Gasteiger partial charge in [-0.05, 0) is 31.5 Å². The highest BCUT2D eigenvalue weighted by atomic mass is 32.2.